The number of ether oxygens (including phenoxy) is 2. The maximum absolute atomic E-state index is 6.42. The number of methoxy groups -OCH3 is 2. The van der Waals surface area contributed by atoms with Crippen LogP contribution in [0.25, 0.3) is 16.6 Å². The quantitative estimate of drug-likeness (QED) is 0.719. The number of hydrogen-bond acceptors (Lipinski definition) is 3. The second-order valence-corrected chi connectivity index (χ2v) is 5.17. The van der Waals surface area contributed by atoms with Gasteiger partial charge in [0.2, 0.25) is 0 Å². The molecule has 108 valence electrons. The van der Waals surface area contributed by atoms with Gasteiger partial charge in [-0.1, -0.05) is 23.2 Å². The highest BCUT2D eigenvalue weighted by atomic mass is 35.5. The Balaban J connectivity index is 2.18. The highest BCUT2D eigenvalue weighted by molar-refractivity contribution is 6.39. The maximum Gasteiger partial charge on any atom is 0.140 e. The molecule has 0 aliphatic carbocycles. The van der Waals surface area contributed by atoms with E-state index in [1.54, 1.807) is 25.0 Å². The molecular formula is C15H12Cl2N2O2. The van der Waals surface area contributed by atoms with Crippen molar-refractivity contribution in [3.63, 3.8) is 0 Å². The zero-order chi connectivity index (χ0) is 15.0. The summed E-state index contributed by atoms with van der Waals surface area (Å²) in [7, 11) is 3.20. The smallest absolute Gasteiger partial charge is 0.140 e. The van der Waals surface area contributed by atoms with Gasteiger partial charge in [0.25, 0.3) is 0 Å². The van der Waals surface area contributed by atoms with E-state index in [0.717, 1.165) is 16.8 Å². The van der Waals surface area contributed by atoms with E-state index < -0.39 is 0 Å². The van der Waals surface area contributed by atoms with E-state index in [9.17, 15) is 0 Å². The van der Waals surface area contributed by atoms with Crippen LogP contribution in [0.2, 0.25) is 10.2 Å². The minimum absolute atomic E-state index is 0.482. The summed E-state index contributed by atoms with van der Waals surface area (Å²) in [4.78, 5) is 0. The summed E-state index contributed by atoms with van der Waals surface area (Å²) in [5.41, 5.74) is 1.46. The van der Waals surface area contributed by atoms with Crippen molar-refractivity contribution in [1.82, 2.24) is 9.78 Å². The molecule has 0 aliphatic rings. The number of benzene rings is 2. The molecule has 0 saturated carbocycles. The lowest BCUT2D eigenvalue weighted by Crippen LogP contribution is -1.96. The zero-order valence-electron chi connectivity index (χ0n) is 11.4. The molecule has 1 aromatic heterocycles. The Kier molecular flexibility index (Phi) is 3.66. The van der Waals surface area contributed by atoms with Gasteiger partial charge in [0.1, 0.15) is 22.2 Å². The van der Waals surface area contributed by atoms with E-state index in [-0.39, 0.29) is 0 Å². The van der Waals surface area contributed by atoms with Gasteiger partial charge >= 0.3 is 0 Å². The van der Waals surface area contributed by atoms with Crippen molar-refractivity contribution in [2.75, 3.05) is 14.2 Å². The summed E-state index contributed by atoms with van der Waals surface area (Å²) in [5, 5.41) is 6.20. The molecule has 3 rings (SSSR count). The van der Waals surface area contributed by atoms with Crippen LogP contribution in [-0.2, 0) is 0 Å². The molecule has 0 amide bonds. The normalized spacial score (nSPS) is 10.9. The van der Waals surface area contributed by atoms with Crippen molar-refractivity contribution < 1.29 is 9.47 Å². The van der Waals surface area contributed by atoms with Gasteiger partial charge in [-0.05, 0) is 30.3 Å². The number of nitrogens with zero attached hydrogens (tertiary/aromatic N) is 2. The summed E-state index contributed by atoms with van der Waals surface area (Å²) >= 11 is 12.6. The highest BCUT2D eigenvalue weighted by Crippen LogP contribution is 2.34. The van der Waals surface area contributed by atoms with Crippen LogP contribution in [-0.4, -0.2) is 24.0 Å². The molecule has 0 aliphatic heterocycles. The Morgan fingerprint density at radius 1 is 0.952 bits per heavy atom. The van der Waals surface area contributed by atoms with Gasteiger partial charge < -0.3 is 9.47 Å². The van der Waals surface area contributed by atoms with Crippen LogP contribution in [0.5, 0.6) is 11.5 Å². The zero-order valence-corrected chi connectivity index (χ0v) is 12.9. The number of rotatable bonds is 3. The first-order valence-corrected chi connectivity index (χ1v) is 6.96. The van der Waals surface area contributed by atoms with Crippen LogP contribution in [0.4, 0.5) is 0 Å². The fourth-order valence-electron chi connectivity index (χ4n) is 2.10. The standard InChI is InChI=1S/C15H12Cl2N2O2/c1-20-10-5-3-9(4-6-10)19-15(17)12-7-11(21-2)8-13(16)14(12)18-19/h3-8H,1-2H3. The molecule has 0 unspecified atom stereocenters. The van der Waals surface area contributed by atoms with E-state index in [4.69, 9.17) is 32.7 Å². The third kappa shape index (κ3) is 2.41. The van der Waals surface area contributed by atoms with Crippen molar-refractivity contribution in [3.05, 3.63) is 46.6 Å². The summed E-state index contributed by atoms with van der Waals surface area (Å²) < 4.78 is 12.0. The first-order chi connectivity index (χ1) is 10.1. The molecule has 0 N–H and O–H groups in total. The fourth-order valence-corrected chi connectivity index (χ4v) is 2.63. The molecule has 0 radical (unpaired) electrons. The van der Waals surface area contributed by atoms with Crippen LogP contribution in [0.15, 0.2) is 36.4 Å². The lowest BCUT2D eigenvalue weighted by Gasteiger charge is -2.04. The van der Waals surface area contributed by atoms with Crippen molar-refractivity contribution >= 4 is 34.1 Å². The second kappa shape index (κ2) is 5.47. The topological polar surface area (TPSA) is 36.3 Å². The second-order valence-electron chi connectivity index (χ2n) is 4.41. The summed E-state index contributed by atoms with van der Waals surface area (Å²) in [6.07, 6.45) is 0. The van der Waals surface area contributed by atoms with Gasteiger partial charge in [-0.15, -0.1) is 0 Å². The molecule has 0 atom stereocenters. The number of aromatic nitrogens is 2. The molecule has 3 aromatic rings. The van der Waals surface area contributed by atoms with Crippen LogP contribution >= 0.6 is 23.2 Å². The molecule has 0 fully saturated rings. The van der Waals surface area contributed by atoms with E-state index in [0.29, 0.717) is 21.4 Å². The monoisotopic (exact) mass is 322 g/mol. The van der Waals surface area contributed by atoms with Gasteiger partial charge in [-0.3, -0.25) is 0 Å². The summed E-state index contributed by atoms with van der Waals surface area (Å²) in [5.74, 6) is 1.41. The minimum Gasteiger partial charge on any atom is -0.497 e. The minimum atomic E-state index is 0.482. The van der Waals surface area contributed by atoms with E-state index in [1.807, 2.05) is 30.3 Å². The van der Waals surface area contributed by atoms with Crippen molar-refractivity contribution in [2.24, 2.45) is 0 Å². The van der Waals surface area contributed by atoms with Gasteiger partial charge in [0, 0.05) is 11.5 Å². The number of fused-ring (bicyclic) bond motifs is 1. The van der Waals surface area contributed by atoms with Crippen molar-refractivity contribution in [1.29, 1.82) is 0 Å². The summed E-state index contributed by atoms with van der Waals surface area (Å²) in [6, 6.07) is 11.0. The fraction of sp³-hybridized carbons (Fsp3) is 0.133. The molecule has 1 heterocycles. The predicted octanol–water partition coefficient (Wildman–Crippen LogP) is 4.35. The Morgan fingerprint density at radius 2 is 1.62 bits per heavy atom. The predicted molar refractivity (Wildman–Crippen MR) is 84.2 cm³/mol. The van der Waals surface area contributed by atoms with Crippen molar-refractivity contribution in [3.8, 4) is 17.2 Å². The molecule has 0 bridgehead atoms. The largest absolute Gasteiger partial charge is 0.497 e. The molecule has 2 aromatic carbocycles. The van der Waals surface area contributed by atoms with Gasteiger partial charge in [-0.25, -0.2) is 4.68 Å². The first kappa shape index (κ1) is 14.0. The molecule has 0 saturated heterocycles. The Labute approximate surface area is 131 Å². The maximum atomic E-state index is 6.42. The number of hydrogen-bond donors (Lipinski definition) is 0. The van der Waals surface area contributed by atoms with Crippen LogP contribution in [0.1, 0.15) is 0 Å². The van der Waals surface area contributed by atoms with Gasteiger partial charge in [0.15, 0.2) is 0 Å². The average molecular weight is 323 g/mol. The van der Waals surface area contributed by atoms with Crippen LogP contribution < -0.4 is 9.47 Å². The van der Waals surface area contributed by atoms with Gasteiger partial charge in [0.05, 0.1) is 24.9 Å². The SMILES string of the molecule is COc1ccc(-n2nc3c(Cl)cc(OC)cc3c2Cl)cc1. The van der Waals surface area contributed by atoms with Crippen LogP contribution in [0, 0.1) is 0 Å². The van der Waals surface area contributed by atoms with E-state index >= 15 is 0 Å². The molecule has 21 heavy (non-hydrogen) atoms. The lowest BCUT2D eigenvalue weighted by molar-refractivity contribution is 0.414. The Morgan fingerprint density at radius 3 is 2.24 bits per heavy atom. The Bertz CT molecular complexity index is 798. The first-order valence-electron chi connectivity index (χ1n) is 6.20. The summed E-state index contributed by atoms with van der Waals surface area (Å²) in [6.45, 7) is 0. The lowest BCUT2D eigenvalue weighted by atomic mass is 10.2. The molecular weight excluding hydrogens is 311 g/mol. The molecule has 6 heteroatoms. The molecule has 4 nitrogen and oxygen atoms in total. The average Bonchev–Trinajstić information content (AvgIpc) is 2.85. The Hall–Kier alpha value is -1.91. The van der Waals surface area contributed by atoms with Crippen molar-refractivity contribution in [2.45, 2.75) is 0 Å². The highest BCUT2D eigenvalue weighted by Gasteiger charge is 2.15. The van der Waals surface area contributed by atoms with E-state index in [2.05, 4.69) is 5.10 Å². The number of halogens is 2. The van der Waals surface area contributed by atoms with Gasteiger partial charge in [-0.2, -0.15) is 5.10 Å². The van der Waals surface area contributed by atoms with Crippen LogP contribution in [0.3, 0.4) is 0 Å². The molecule has 0 spiro atoms. The third-order valence-electron chi connectivity index (χ3n) is 3.20. The third-order valence-corrected chi connectivity index (χ3v) is 3.85. The van der Waals surface area contributed by atoms with E-state index in [1.165, 1.54) is 0 Å².